The Kier molecular flexibility index (Phi) is 7.63. The minimum atomic E-state index is -0.109. The Morgan fingerprint density at radius 2 is 1.68 bits per heavy atom. The fraction of sp³-hybridized carbons (Fsp3) is 0.185. The summed E-state index contributed by atoms with van der Waals surface area (Å²) in [5.74, 6) is 1.24. The number of hydrogen-bond donors (Lipinski definition) is 0. The largest absolute Gasteiger partial charge is 0.493 e. The lowest BCUT2D eigenvalue weighted by Crippen LogP contribution is -2.28. The Morgan fingerprint density at radius 1 is 1.03 bits per heavy atom. The van der Waals surface area contributed by atoms with E-state index < -0.39 is 0 Å². The van der Waals surface area contributed by atoms with Crippen LogP contribution >= 0.6 is 34.4 Å². The molecule has 0 atom stereocenters. The first-order valence-corrected chi connectivity index (χ1v) is 12.8. The van der Waals surface area contributed by atoms with Crippen molar-refractivity contribution in [3.63, 3.8) is 0 Å². The van der Waals surface area contributed by atoms with Gasteiger partial charge in [-0.1, -0.05) is 35.4 Å². The van der Waals surface area contributed by atoms with Crippen LogP contribution in [0, 0.1) is 17.4 Å². The summed E-state index contributed by atoms with van der Waals surface area (Å²) >= 11 is 3.59. The van der Waals surface area contributed by atoms with E-state index in [1.54, 1.807) is 12.0 Å². The van der Waals surface area contributed by atoms with Crippen molar-refractivity contribution in [1.82, 2.24) is 0 Å². The number of nitrogens with zero attached hydrogens (tertiary/aromatic N) is 2. The van der Waals surface area contributed by atoms with Gasteiger partial charge in [0.1, 0.15) is 0 Å². The van der Waals surface area contributed by atoms with Gasteiger partial charge in [-0.2, -0.15) is 0 Å². The molecule has 0 saturated carbocycles. The summed E-state index contributed by atoms with van der Waals surface area (Å²) in [6, 6.07) is 19.7. The summed E-state index contributed by atoms with van der Waals surface area (Å²) in [6.45, 7) is 6.55. The second kappa shape index (κ2) is 10.7. The summed E-state index contributed by atoms with van der Waals surface area (Å²) in [5.41, 5.74) is 4.75. The molecule has 7 heteroatoms. The van der Waals surface area contributed by atoms with Crippen LogP contribution in [-0.4, -0.2) is 24.8 Å². The maximum Gasteiger partial charge on any atom is 0.271 e. The van der Waals surface area contributed by atoms with Crippen LogP contribution in [0.2, 0.25) is 0 Å². The van der Waals surface area contributed by atoms with Crippen LogP contribution in [0.3, 0.4) is 0 Å². The molecule has 0 spiro atoms. The van der Waals surface area contributed by atoms with Crippen molar-refractivity contribution in [2.24, 2.45) is 4.99 Å². The highest BCUT2D eigenvalue weighted by Crippen LogP contribution is 2.39. The first-order chi connectivity index (χ1) is 16.4. The Morgan fingerprint density at radius 3 is 2.29 bits per heavy atom. The summed E-state index contributed by atoms with van der Waals surface area (Å²) in [5, 5.41) is 0.622. The van der Waals surface area contributed by atoms with Gasteiger partial charge in [0.15, 0.2) is 16.7 Å². The average Bonchev–Trinajstić information content (AvgIpc) is 3.12. The Hall–Kier alpha value is -2.78. The van der Waals surface area contributed by atoms with Gasteiger partial charge < -0.3 is 9.47 Å². The number of halogens is 1. The average molecular weight is 584 g/mol. The van der Waals surface area contributed by atoms with Gasteiger partial charge in [0, 0.05) is 0 Å². The van der Waals surface area contributed by atoms with Gasteiger partial charge >= 0.3 is 0 Å². The number of carbonyl (C=O) groups excluding carboxylic acids is 1. The lowest BCUT2D eigenvalue weighted by molar-refractivity contribution is -0.113. The molecule has 3 aromatic carbocycles. The molecule has 1 heterocycles. The van der Waals surface area contributed by atoms with Crippen LogP contribution in [-0.2, 0) is 4.79 Å². The molecular formula is C27H25IN2O3S. The van der Waals surface area contributed by atoms with Gasteiger partial charge in [0.2, 0.25) is 0 Å². The molecule has 1 aliphatic heterocycles. The molecule has 4 rings (SSSR count). The van der Waals surface area contributed by atoms with Crippen LogP contribution in [0.1, 0.15) is 23.6 Å². The maximum absolute atomic E-state index is 13.6. The molecule has 1 amide bonds. The van der Waals surface area contributed by atoms with Crippen LogP contribution in [0.4, 0.5) is 11.4 Å². The third kappa shape index (κ3) is 5.31. The van der Waals surface area contributed by atoms with E-state index in [4.69, 9.17) is 14.5 Å². The number of benzene rings is 3. The molecule has 1 aliphatic rings. The van der Waals surface area contributed by atoms with Crippen LogP contribution in [0.5, 0.6) is 11.5 Å². The third-order valence-electron chi connectivity index (χ3n) is 5.20. The standard InChI is InChI=1S/C27H25IN2O3S/c1-5-33-25-22(28)14-19(15-23(25)32-4)16-24-26(31)30(21-12-8-18(3)9-13-21)27(34-24)29-20-10-6-17(2)7-11-20/h6-16H,5H2,1-4H3/b24-16-,29-27?. The zero-order valence-corrected chi connectivity index (χ0v) is 22.4. The number of anilines is 1. The Bertz CT molecular complexity index is 1270. The van der Waals surface area contributed by atoms with Crippen molar-refractivity contribution >= 4 is 62.9 Å². The number of rotatable bonds is 6. The number of ether oxygens (including phenoxy) is 2. The fourth-order valence-electron chi connectivity index (χ4n) is 3.46. The number of carbonyl (C=O) groups is 1. The number of amidine groups is 1. The number of aliphatic imine (C=N–C) groups is 1. The minimum absolute atomic E-state index is 0.109. The van der Waals surface area contributed by atoms with Gasteiger partial charge in [0.05, 0.1) is 33.6 Å². The summed E-state index contributed by atoms with van der Waals surface area (Å²) < 4.78 is 12.2. The maximum atomic E-state index is 13.6. The molecule has 174 valence electrons. The lowest BCUT2D eigenvalue weighted by atomic mass is 10.1. The van der Waals surface area contributed by atoms with Gasteiger partial charge in [-0.15, -0.1) is 0 Å². The topological polar surface area (TPSA) is 51.1 Å². The van der Waals surface area contributed by atoms with Gasteiger partial charge in [0.25, 0.3) is 5.91 Å². The predicted octanol–water partition coefficient (Wildman–Crippen LogP) is 7.12. The zero-order valence-electron chi connectivity index (χ0n) is 19.5. The third-order valence-corrected chi connectivity index (χ3v) is 6.97. The highest BCUT2D eigenvalue weighted by Gasteiger charge is 2.34. The molecule has 0 unspecified atom stereocenters. The highest BCUT2D eigenvalue weighted by atomic mass is 127. The second-order valence-corrected chi connectivity index (χ2v) is 9.96. The molecule has 0 bridgehead atoms. The van der Waals surface area contributed by atoms with E-state index in [1.807, 2.05) is 87.5 Å². The van der Waals surface area contributed by atoms with Crippen LogP contribution in [0.25, 0.3) is 6.08 Å². The number of methoxy groups -OCH3 is 1. The van der Waals surface area contributed by atoms with Crippen molar-refractivity contribution in [3.8, 4) is 11.5 Å². The first-order valence-electron chi connectivity index (χ1n) is 10.9. The van der Waals surface area contributed by atoms with E-state index in [0.29, 0.717) is 28.2 Å². The minimum Gasteiger partial charge on any atom is -0.493 e. The molecule has 34 heavy (non-hydrogen) atoms. The van der Waals surface area contributed by atoms with E-state index in [-0.39, 0.29) is 5.91 Å². The molecule has 1 saturated heterocycles. The summed E-state index contributed by atoms with van der Waals surface area (Å²) in [6.07, 6.45) is 1.88. The van der Waals surface area contributed by atoms with Crippen LogP contribution in [0.15, 0.2) is 70.6 Å². The number of thioether (sulfide) groups is 1. The van der Waals surface area contributed by atoms with Crippen molar-refractivity contribution in [2.75, 3.05) is 18.6 Å². The number of amides is 1. The Balaban J connectivity index is 1.76. The number of aryl methyl sites for hydroxylation is 2. The van der Waals surface area contributed by atoms with E-state index >= 15 is 0 Å². The molecule has 0 aliphatic carbocycles. The SMILES string of the molecule is CCOc1c(I)cc(/C=C2\SC(=Nc3ccc(C)cc3)N(c3ccc(C)cc3)C2=O)cc1OC. The van der Waals surface area contributed by atoms with Gasteiger partial charge in [-0.3, -0.25) is 9.69 Å². The zero-order chi connectivity index (χ0) is 24.2. The molecule has 0 N–H and O–H groups in total. The summed E-state index contributed by atoms with van der Waals surface area (Å²) in [4.78, 5) is 20.6. The molecule has 5 nitrogen and oxygen atoms in total. The molecule has 0 radical (unpaired) electrons. The summed E-state index contributed by atoms with van der Waals surface area (Å²) in [7, 11) is 1.62. The first kappa shape index (κ1) is 24.3. The van der Waals surface area contributed by atoms with Crippen molar-refractivity contribution < 1.29 is 14.3 Å². The lowest BCUT2D eigenvalue weighted by Gasteiger charge is -2.16. The smallest absolute Gasteiger partial charge is 0.271 e. The van der Waals surface area contributed by atoms with E-state index in [1.165, 1.54) is 11.8 Å². The molecular weight excluding hydrogens is 559 g/mol. The highest BCUT2D eigenvalue weighted by molar-refractivity contribution is 14.1. The van der Waals surface area contributed by atoms with Crippen molar-refractivity contribution in [1.29, 1.82) is 0 Å². The molecule has 1 fully saturated rings. The number of hydrogen-bond acceptors (Lipinski definition) is 5. The molecule has 0 aromatic heterocycles. The van der Waals surface area contributed by atoms with Crippen LogP contribution < -0.4 is 14.4 Å². The van der Waals surface area contributed by atoms with E-state index in [0.717, 1.165) is 31.6 Å². The van der Waals surface area contributed by atoms with E-state index in [9.17, 15) is 4.79 Å². The normalized spacial score (nSPS) is 15.9. The Labute approximate surface area is 218 Å². The van der Waals surface area contributed by atoms with Gasteiger partial charge in [-0.05, 0) is 103 Å². The second-order valence-electron chi connectivity index (χ2n) is 7.78. The fourth-order valence-corrected chi connectivity index (χ4v) is 5.24. The van der Waals surface area contributed by atoms with Gasteiger partial charge in [-0.25, -0.2) is 4.99 Å². The quantitative estimate of drug-likeness (QED) is 0.229. The predicted molar refractivity (Wildman–Crippen MR) is 149 cm³/mol. The van der Waals surface area contributed by atoms with Crippen molar-refractivity contribution in [3.05, 3.63) is 85.8 Å². The molecule has 3 aromatic rings. The van der Waals surface area contributed by atoms with Crippen molar-refractivity contribution in [2.45, 2.75) is 20.8 Å². The monoisotopic (exact) mass is 584 g/mol. The van der Waals surface area contributed by atoms with E-state index in [2.05, 4.69) is 22.6 Å².